The van der Waals surface area contributed by atoms with Crippen molar-refractivity contribution in [3.8, 4) is 17.0 Å². The number of carbonyl (C=O) groups excluding carboxylic acids is 1. The van der Waals surface area contributed by atoms with E-state index in [0.717, 1.165) is 46.3 Å². The van der Waals surface area contributed by atoms with Gasteiger partial charge in [0, 0.05) is 43.3 Å². The minimum Gasteiger partial charge on any atom is -0.496 e. The van der Waals surface area contributed by atoms with Crippen molar-refractivity contribution >= 4 is 28.2 Å². The zero-order valence-corrected chi connectivity index (χ0v) is 20.8. The molecule has 3 aromatic heterocycles. The van der Waals surface area contributed by atoms with Gasteiger partial charge < -0.3 is 18.8 Å². The van der Waals surface area contributed by atoms with Crippen LogP contribution in [0.1, 0.15) is 51.1 Å². The predicted octanol–water partition coefficient (Wildman–Crippen LogP) is 5.87. The van der Waals surface area contributed by atoms with Crippen molar-refractivity contribution < 1.29 is 18.7 Å². The van der Waals surface area contributed by atoms with Gasteiger partial charge in [0.05, 0.1) is 23.8 Å². The zero-order valence-electron chi connectivity index (χ0n) is 20.8. The average molecular weight is 475 g/mol. The molecular formula is C27H30N4O4. The van der Waals surface area contributed by atoms with E-state index in [-0.39, 0.29) is 6.09 Å². The number of benzene rings is 1. The molecule has 1 aliphatic heterocycles. The SMILES string of the molecule is COc1cc2nc(C)oc2cc1-c1ccc2nc(C3CCN(C(=O)OC(C)(C)C)CC3)ccc2n1. The van der Waals surface area contributed by atoms with Gasteiger partial charge in [-0.1, -0.05) is 0 Å². The molecule has 0 aliphatic carbocycles. The van der Waals surface area contributed by atoms with E-state index in [0.29, 0.717) is 36.2 Å². The number of hydrogen-bond donors (Lipinski definition) is 0. The summed E-state index contributed by atoms with van der Waals surface area (Å²) in [5, 5.41) is 0. The van der Waals surface area contributed by atoms with Crippen molar-refractivity contribution in [3.05, 3.63) is 48.0 Å². The third-order valence-electron chi connectivity index (χ3n) is 6.22. The van der Waals surface area contributed by atoms with E-state index in [9.17, 15) is 4.79 Å². The Kier molecular flexibility index (Phi) is 5.83. The molecule has 0 saturated carbocycles. The highest BCUT2D eigenvalue weighted by Gasteiger charge is 2.28. The summed E-state index contributed by atoms with van der Waals surface area (Å²) in [6.07, 6.45) is 1.47. The molecular weight excluding hydrogens is 444 g/mol. The molecule has 1 amide bonds. The molecule has 8 nitrogen and oxygen atoms in total. The van der Waals surface area contributed by atoms with Gasteiger partial charge in [0.2, 0.25) is 0 Å². The number of oxazole rings is 1. The number of pyridine rings is 2. The lowest BCUT2D eigenvalue weighted by Gasteiger charge is -2.33. The highest BCUT2D eigenvalue weighted by atomic mass is 16.6. The van der Waals surface area contributed by atoms with E-state index in [4.69, 9.17) is 23.9 Å². The Labute approximate surface area is 204 Å². The molecule has 1 aliphatic rings. The summed E-state index contributed by atoms with van der Waals surface area (Å²) in [5.74, 6) is 1.60. The molecule has 0 unspecified atom stereocenters. The van der Waals surface area contributed by atoms with E-state index in [1.807, 2.05) is 64.1 Å². The number of aromatic nitrogens is 3. The quantitative estimate of drug-likeness (QED) is 0.367. The summed E-state index contributed by atoms with van der Waals surface area (Å²) in [4.78, 5) is 28.3. The summed E-state index contributed by atoms with van der Waals surface area (Å²) in [6, 6.07) is 11.8. The second-order valence-corrected chi connectivity index (χ2v) is 9.97. The largest absolute Gasteiger partial charge is 0.496 e. The molecule has 0 N–H and O–H groups in total. The Morgan fingerprint density at radius 2 is 1.71 bits per heavy atom. The van der Waals surface area contributed by atoms with E-state index < -0.39 is 5.60 Å². The molecule has 8 heteroatoms. The van der Waals surface area contributed by atoms with Gasteiger partial charge in [0.1, 0.15) is 16.9 Å². The predicted molar refractivity (Wildman–Crippen MR) is 134 cm³/mol. The number of ether oxygens (including phenoxy) is 2. The Bertz CT molecular complexity index is 1400. The van der Waals surface area contributed by atoms with Gasteiger partial charge >= 0.3 is 6.09 Å². The number of aryl methyl sites for hydroxylation is 1. The Hall–Kier alpha value is -3.68. The summed E-state index contributed by atoms with van der Waals surface area (Å²) in [7, 11) is 1.64. The van der Waals surface area contributed by atoms with Crippen LogP contribution in [0, 0.1) is 6.92 Å². The Morgan fingerprint density at radius 3 is 2.43 bits per heavy atom. The molecule has 35 heavy (non-hydrogen) atoms. The first-order chi connectivity index (χ1) is 16.7. The maximum atomic E-state index is 12.4. The number of piperidine rings is 1. The van der Waals surface area contributed by atoms with Gasteiger partial charge in [-0.2, -0.15) is 0 Å². The zero-order chi connectivity index (χ0) is 24.7. The second kappa shape index (κ2) is 8.83. The van der Waals surface area contributed by atoms with Crippen molar-refractivity contribution in [2.45, 2.75) is 52.1 Å². The summed E-state index contributed by atoms with van der Waals surface area (Å²) < 4.78 is 16.8. The molecule has 4 heterocycles. The molecule has 0 atom stereocenters. The maximum Gasteiger partial charge on any atom is 0.410 e. The first-order valence-corrected chi connectivity index (χ1v) is 11.9. The van der Waals surface area contributed by atoms with Crippen LogP contribution in [0.15, 0.2) is 40.8 Å². The van der Waals surface area contributed by atoms with Gasteiger partial charge in [-0.25, -0.2) is 14.8 Å². The minimum atomic E-state index is -0.483. The Morgan fingerprint density at radius 1 is 1.00 bits per heavy atom. The number of carbonyl (C=O) groups is 1. The van der Waals surface area contributed by atoms with Crippen LogP contribution in [-0.4, -0.2) is 51.7 Å². The molecule has 1 fully saturated rings. The lowest BCUT2D eigenvalue weighted by Crippen LogP contribution is -2.41. The van der Waals surface area contributed by atoms with Gasteiger partial charge in [-0.3, -0.25) is 4.98 Å². The number of methoxy groups -OCH3 is 1. The van der Waals surface area contributed by atoms with Crippen molar-refractivity contribution in [2.24, 2.45) is 0 Å². The van der Waals surface area contributed by atoms with Crippen molar-refractivity contribution in [2.75, 3.05) is 20.2 Å². The van der Waals surface area contributed by atoms with Crippen LogP contribution in [0.2, 0.25) is 0 Å². The first-order valence-electron chi connectivity index (χ1n) is 11.9. The Balaban J connectivity index is 1.36. The van der Waals surface area contributed by atoms with E-state index in [2.05, 4.69) is 4.98 Å². The summed E-state index contributed by atoms with van der Waals surface area (Å²) in [6.45, 7) is 8.82. The highest BCUT2D eigenvalue weighted by molar-refractivity contribution is 5.86. The number of likely N-dealkylation sites (tertiary alicyclic amines) is 1. The summed E-state index contributed by atoms with van der Waals surface area (Å²) in [5.41, 5.74) is 5.29. The van der Waals surface area contributed by atoms with Crippen LogP contribution in [0.25, 0.3) is 33.4 Å². The monoisotopic (exact) mass is 474 g/mol. The lowest BCUT2D eigenvalue weighted by molar-refractivity contribution is 0.0204. The van der Waals surface area contributed by atoms with E-state index in [1.54, 1.807) is 12.0 Å². The van der Waals surface area contributed by atoms with Crippen LogP contribution in [0.3, 0.4) is 0 Å². The molecule has 4 aromatic rings. The van der Waals surface area contributed by atoms with Crippen molar-refractivity contribution in [3.63, 3.8) is 0 Å². The number of nitrogens with zero attached hydrogens (tertiary/aromatic N) is 4. The smallest absolute Gasteiger partial charge is 0.410 e. The van der Waals surface area contributed by atoms with Crippen LogP contribution >= 0.6 is 0 Å². The average Bonchev–Trinajstić information content (AvgIpc) is 3.20. The number of fused-ring (bicyclic) bond motifs is 2. The normalized spacial score (nSPS) is 15.1. The molecule has 1 aromatic carbocycles. The maximum absolute atomic E-state index is 12.4. The van der Waals surface area contributed by atoms with Crippen LogP contribution in [-0.2, 0) is 4.74 Å². The molecule has 0 bridgehead atoms. The molecule has 182 valence electrons. The van der Waals surface area contributed by atoms with Gasteiger partial charge in [-0.05, 0) is 63.9 Å². The standard InChI is InChI=1S/C27H30N4O4/c1-16-28-23-15-24(33-5)18(14-25(23)34-16)20-7-9-21-22(30-20)8-6-19(29-21)17-10-12-31(13-11-17)26(32)35-27(2,3)4/h6-9,14-15,17H,10-13H2,1-5H3. The minimum absolute atomic E-state index is 0.242. The van der Waals surface area contributed by atoms with Gasteiger partial charge in [0.15, 0.2) is 11.5 Å². The van der Waals surface area contributed by atoms with Gasteiger partial charge in [0.25, 0.3) is 0 Å². The van der Waals surface area contributed by atoms with Crippen LogP contribution in [0.5, 0.6) is 5.75 Å². The number of hydrogen-bond acceptors (Lipinski definition) is 7. The number of amides is 1. The fourth-order valence-corrected chi connectivity index (χ4v) is 4.53. The second-order valence-electron chi connectivity index (χ2n) is 9.97. The molecule has 1 saturated heterocycles. The highest BCUT2D eigenvalue weighted by Crippen LogP contribution is 2.35. The van der Waals surface area contributed by atoms with Crippen molar-refractivity contribution in [1.29, 1.82) is 0 Å². The third kappa shape index (κ3) is 4.78. The fraction of sp³-hybridized carbons (Fsp3) is 0.407. The topological polar surface area (TPSA) is 90.6 Å². The molecule has 0 radical (unpaired) electrons. The van der Waals surface area contributed by atoms with Gasteiger partial charge in [-0.15, -0.1) is 0 Å². The third-order valence-corrected chi connectivity index (χ3v) is 6.22. The fourth-order valence-electron chi connectivity index (χ4n) is 4.53. The van der Waals surface area contributed by atoms with Crippen molar-refractivity contribution in [1.82, 2.24) is 19.9 Å². The van der Waals surface area contributed by atoms with E-state index in [1.165, 1.54) is 0 Å². The molecule has 0 spiro atoms. The van der Waals surface area contributed by atoms with Crippen LogP contribution in [0.4, 0.5) is 4.79 Å². The van der Waals surface area contributed by atoms with Crippen LogP contribution < -0.4 is 4.74 Å². The summed E-state index contributed by atoms with van der Waals surface area (Å²) >= 11 is 0. The lowest BCUT2D eigenvalue weighted by atomic mass is 9.93. The number of rotatable bonds is 3. The molecule has 5 rings (SSSR count). The first kappa shape index (κ1) is 23.1. The van der Waals surface area contributed by atoms with E-state index >= 15 is 0 Å².